The number of aryl methyl sites for hydroxylation is 1. The number of aromatic nitrogens is 1. The van der Waals surface area contributed by atoms with Gasteiger partial charge in [-0.1, -0.05) is 0 Å². The van der Waals surface area contributed by atoms with Crippen LogP contribution in [0.1, 0.15) is 0 Å². The molecule has 0 bridgehead atoms. The summed E-state index contributed by atoms with van der Waals surface area (Å²) in [7, 11) is 6.38. The van der Waals surface area contributed by atoms with Crippen LogP contribution in [0.25, 0.3) is 22.0 Å². The van der Waals surface area contributed by atoms with E-state index in [2.05, 4.69) is 0 Å². The fourth-order valence-corrected chi connectivity index (χ4v) is 2.62. The van der Waals surface area contributed by atoms with Gasteiger partial charge in [-0.05, 0) is 6.07 Å². The Labute approximate surface area is 120 Å². The van der Waals surface area contributed by atoms with E-state index >= 15 is 0 Å². The lowest BCUT2D eigenvalue weighted by Crippen LogP contribution is -2.10. The molecule has 6 nitrogen and oxygen atoms in total. The lowest BCUT2D eigenvalue weighted by molar-refractivity contribution is 0.352. The standard InChI is InChI=1S/C15H15NO5/c1-16-12-11(13(17)8-5-6-21-15(8)16)9(18-2)7-10(19-3)14(12)20-4/h5-7H,1-4H3. The molecular formula is C15H15NO5. The largest absolute Gasteiger partial charge is 0.496 e. The van der Waals surface area contributed by atoms with Gasteiger partial charge in [0.05, 0.1) is 38.4 Å². The average Bonchev–Trinajstić information content (AvgIpc) is 3.00. The zero-order valence-electron chi connectivity index (χ0n) is 12.2. The van der Waals surface area contributed by atoms with E-state index in [1.807, 2.05) is 0 Å². The van der Waals surface area contributed by atoms with Crippen molar-refractivity contribution in [1.29, 1.82) is 0 Å². The van der Waals surface area contributed by atoms with Crippen LogP contribution >= 0.6 is 0 Å². The third-order valence-corrected chi connectivity index (χ3v) is 3.58. The van der Waals surface area contributed by atoms with Gasteiger partial charge in [-0.3, -0.25) is 4.79 Å². The lowest BCUT2D eigenvalue weighted by atomic mass is 10.1. The van der Waals surface area contributed by atoms with E-state index in [4.69, 9.17) is 18.6 Å². The highest BCUT2D eigenvalue weighted by Gasteiger charge is 2.22. The molecule has 0 amide bonds. The molecule has 2 heterocycles. The first kappa shape index (κ1) is 13.4. The highest BCUT2D eigenvalue weighted by atomic mass is 16.5. The van der Waals surface area contributed by atoms with E-state index in [1.165, 1.54) is 27.6 Å². The van der Waals surface area contributed by atoms with Crippen LogP contribution in [0.3, 0.4) is 0 Å². The second-order valence-corrected chi connectivity index (χ2v) is 4.57. The maximum absolute atomic E-state index is 12.7. The number of rotatable bonds is 3. The van der Waals surface area contributed by atoms with Crippen molar-refractivity contribution < 1.29 is 18.6 Å². The summed E-state index contributed by atoms with van der Waals surface area (Å²) in [5, 5.41) is 0.932. The molecule has 0 N–H and O–H groups in total. The molecule has 6 heteroatoms. The number of hydrogen-bond acceptors (Lipinski definition) is 5. The first-order chi connectivity index (χ1) is 10.1. The molecule has 0 spiro atoms. The van der Waals surface area contributed by atoms with E-state index < -0.39 is 0 Å². The number of hydrogen-bond donors (Lipinski definition) is 0. The van der Waals surface area contributed by atoms with Crippen LogP contribution in [0.2, 0.25) is 0 Å². The van der Waals surface area contributed by atoms with Crippen molar-refractivity contribution in [2.45, 2.75) is 0 Å². The highest BCUT2D eigenvalue weighted by molar-refractivity contribution is 5.99. The minimum Gasteiger partial charge on any atom is -0.496 e. The van der Waals surface area contributed by atoms with E-state index in [0.717, 1.165) is 0 Å². The molecule has 0 saturated carbocycles. The SMILES string of the molecule is COc1cc(OC)c2c(=O)c3ccoc3n(C)c2c1OC. The third kappa shape index (κ3) is 1.68. The van der Waals surface area contributed by atoms with E-state index in [-0.39, 0.29) is 5.43 Å². The van der Waals surface area contributed by atoms with Crippen LogP contribution in [-0.4, -0.2) is 25.9 Å². The summed E-state index contributed by atoms with van der Waals surface area (Å²) in [6, 6.07) is 3.29. The fraction of sp³-hybridized carbons (Fsp3) is 0.267. The van der Waals surface area contributed by atoms with Crippen LogP contribution in [0.4, 0.5) is 0 Å². The second-order valence-electron chi connectivity index (χ2n) is 4.57. The summed E-state index contributed by atoms with van der Waals surface area (Å²) in [6.07, 6.45) is 1.49. The van der Waals surface area contributed by atoms with Gasteiger partial charge in [-0.2, -0.15) is 0 Å². The van der Waals surface area contributed by atoms with Gasteiger partial charge in [-0.25, -0.2) is 0 Å². The number of benzene rings is 1. The number of fused-ring (bicyclic) bond motifs is 2. The number of pyridine rings is 1. The molecule has 0 fully saturated rings. The van der Waals surface area contributed by atoms with Crippen molar-refractivity contribution in [3.05, 3.63) is 28.6 Å². The quantitative estimate of drug-likeness (QED) is 0.740. The van der Waals surface area contributed by atoms with Crippen LogP contribution in [0.15, 0.2) is 27.6 Å². The maximum atomic E-state index is 12.7. The van der Waals surface area contributed by atoms with E-state index in [1.54, 1.807) is 23.7 Å². The molecule has 3 rings (SSSR count). The van der Waals surface area contributed by atoms with Crippen molar-refractivity contribution in [1.82, 2.24) is 4.57 Å². The number of ether oxygens (including phenoxy) is 3. The van der Waals surface area contributed by atoms with E-state index in [0.29, 0.717) is 39.3 Å². The molecule has 21 heavy (non-hydrogen) atoms. The summed E-state index contributed by atoms with van der Waals surface area (Å²) in [6.45, 7) is 0. The molecule has 0 atom stereocenters. The van der Waals surface area contributed by atoms with Gasteiger partial charge in [-0.15, -0.1) is 0 Å². The minimum absolute atomic E-state index is 0.162. The first-order valence-electron chi connectivity index (χ1n) is 6.32. The molecule has 0 aliphatic heterocycles. The predicted octanol–water partition coefficient (Wildman–Crippen LogP) is 2.31. The van der Waals surface area contributed by atoms with Gasteiger partial charge in [0.1, 0.15) is 11.3 Å². The maximum Gasteiger partial charge on any atom is 0.210 e. The minimum atomic E-state index is -0.162. The van der Waals surface area contributed by atoms with Gasteiger partial charge in [0.25, 0.3) is 0 Å². The smallest absolute Gasteiger partial charge is 0.210 e. The molecule has 0 aliphatic rings. The fourth-order valence-electron chi connectivity index (χ4n) is 2.62. The van der Waals surface area contributed by atoms with Crippen molar-refractivity contribution in [2.24, 2.45) is 7.05 Å². The number of furan rings is 1. The summed E-state index contributed by atoms with van der Waals surface area (Å²) >= 11 is 0. The normalized spacial score (nSPS) is 11.0. The van der Waals surface area contributed by atoms with Gasteiger partial charge in [0.15, 0.2) is 11.5 Å². The van der Waals surface area contributed by atoms with Gasteiger partial charge in [0, 0.05) is 13.1 Å². The topological polar surface area (TPSA) is 62.8 Å². The lowest BCUT2D eigenvalue weighted by Gasteiger charge is -2.16. The first-order valence-corrected chi connectivity index (χ1v) is 6.32. The van der Waals surface area contributed by atoms with Crippen molar-refractivity contribution in [3.63, 3.8) is 0 Å². The van der Waals surface area contributed by atoms with Crippen LogP contribution in [0.5, 0.6) is 17.2 Å². The Morgan fingerprint density at radius 1 is 1.10 bits per heavy atom. The Hall–Kier alpha value is -2.63. The zero-order chi connectivity index (χ0) is 15.1. The Bertz CT molecular complexity index is 891. The van der Waals surface area contributed by atoms with Crippen LogP contribution < -0.4 is 19.6 Å². The molecule has 0 unspecified atom stereocenters. The van der Waals surface area contributed by atoms with Crippen LogP contribution in [-0.2, 0) is 7.05 Å². The Balaban J connectivity index is 2.67. The molecule has 1 aromatic carbocycles. The molecule has 3 aromatic rings. The highest BCUT2D eigenvalue weighted by Crippen LogP contribution is 2.40. The Kier molecular flexibility index (Phi) is 3.01. The predicted molar refractivity (Wildman–Crippen MR) is 78.6 cm³/mol. The third-order valence-electron chi connectivity index (χ3n) is 3.58. The summed E-state index contributed by atoms with van der Waals surface area (Å²) in [5.74, 6) is 1.39. The Morgan fingerprint density at radius 3 is 2.43 bits per heavy atom. The number of nitrogens with zero attached hydrogens (tertiary/aromatic N) is 1. The number of methoxy groups -OCH3 is 3. The van der Waals surface area contributed by atoms with Crippen molar-refractivity contribution in [3.8, 4) is 17.2 Å². The van der Waals surface area contributed by atoms with Gasteiger partial charge < -0.3 is 23.2 Å². The van der Waals surface area contributed by atoms with Crippen molar-refractivity contribution >= 4 is 22.0 Å². The average molecular weight is 289 g/mol. The zero-order valence-corrected chi connectivity index (χ0v) is 12.2. The van der Waals surface area contributed by atoms with Crippen molar-refractivity contribution in [2.75, 3.05) is 21.3 Å². The molecule has 0 aliphatic carbocycles. The summed E-state index contributed by atoms with van der Waals surface area (Å²) in [4.78, 5) is 12.7. The van der Waals surface area contributed by atoms with Gasteiger partial charge >= 0.3 is 0 Å². The van der Waals surface area contributed by atoms with Crippen LogP contribution in [0, 0.1) is 0 Å². The molecule has 110 valence electrons. The monoisotopic (exact) mass is 289 g/mol. The summed E-state index contributed by atoms with van der Waals surface area (Å²) < 4.78 is 23.3. The van der Waals surface area contributed by atoms with E-state index in [9.17, 15) is 4.79 Å². The molecule has 0 radical (unpaired) electrons. The molecule has 2 aromatic heterocycles. The molecule has 0 saturated heterocycles. The second kappa shape index (κ2) is 4.73. The van der Waals surface area contributed by atoms with Gasteiger partial charge in [0.2, 0.25) is 11.1 Å². The molecular weight excluding hydrogens is 274 g/mol. The summed E-state index contributed by atoms with van der Waals surface area (Å²) in [5.41, 5.74) is 0.881. The Morgan fingerprint density at radius 2 is 1.81 bits per heavy atom.